The topological polar surface area (TPSA) is 63.4 Å². The van der Waals surface area contributed by atoms with Gasteiger partial charge in [-0.1, -0.05) is 35.7 Å². The molecule has 0 saturated heterocycles. The summed E-state index contributed by atoms with van der Waals surface area (Å²) in [7, 11) is 0. The number of carbonyl (C=O) groups excluding carboxylic acids is 1. The third-order valence-electron chi connectivity index (χ3n) is 4.71. The summed E-state index contributed by atoms with van der Waals surface area (Å²) < 4.78 is 1.71. The molecule has 0 aliphatic carbocycles. The monoisotopic (exact) mass is 361 g/mol. The summed E-state index contributed by atoms with van der Waals surface area (Å²) in [6, 6.07) is 8.14. The minimum absolute atomic E-state index is 0.0333. The largest absolute Gasteiger partial charge is 0.327 e. The molecule has 27 heavy (non-hydrogen) atoms. The lowest BCUT2D eigenvalue weighted by Gasteiger charge is -2.21. The number of hydrogen-bond acceptors (Lipinski definition) is 4. The number of rotatable bonds is 6. The Kier molecular flexibility index (Phi) is 5.51. The van der Waals surface area contributed by atoms with Crippen molar-refractivity contribution in [2.24, 2.45) is 0 Å². The number of amides is 1. The van der Waals surface area contributed by atoms with Gasteiger partial charge in [-0.3, -0.25) is 4.79 Å². The highest BCUT2D eigenvalue weighted by Gasteiger charge is 2.16. The van der Waals surface area contributed by atoms with Crippen LogP contribution in [0.1, 0.15) is 34.5 Å². The first-order chi connectivity index (χ1) is 13.0. The Balaban J connectivity index is 1.72. The van der Waals surface area contributed by atoms with Crippen LogP contribution in [0, 0.1) is 33.1 Å². The van der Waals surface area contributed by atoms with Crippen molar-refractivity contribution in [3.63, 3.8) is 0 Å². The van der Waals surface area contributed by atoms with Gasteiger partial charge in [0.2, 0.25) is 5.91 Å². The van der Waals surface area contributed by atoms with Gasteiger partial charge in [0.15, 0.2) is 0 Å². The smallest absolute Gasteiger partial charge is 0.252 e. The van der Waals surface area contributed by atoms with Gasteiger partial charge in [-0.15, -0.1) is 6.42 Å². The molecular formula is C21H23N5O. The van der Waals surface area contributed by atoms with E-state index < -0.39 is 0 Å². The number of benzene rings is 1. The number of terminal acetylenes is 1. The molecule has 0 saturated carbocycles. The molecule has 6 nitrogen and oxygen atoms in total. The van der Waals surface area contributed by atoms with Crippen LogP contribution in [-0.2, 0) is 17.8 Å². The van der Waals surface area contributed by atoms with Crippen molar-refractivity contribution in [1.29, 1.82) is 0 Å². The summed E-state index contributed by atoms with van der Waals surface area (Å²) in [5, 5.41) is 4.20. The van der Waals surface area contributed by atoms with E-state index in [4.69, 9.17) is 6.42 Å². The Labute approximate surface area is 159 Å². The highest BCUT2D eigenvalue weighted by Crippen LogP contribution is 2.16. The second kappa shape index (κ2) is 8.00. The Morgan fingerprint density at radius 2 is 1.96 bits per heavy atom. The molecule has 2 aromatic heterocycles. The van der Waals surface area contributed by atoms with Gasteiger partial charge in [0.25, 0.3) is 5.78 Å². The van der Waals surface area contributed by atoms with Crippen LogP contribution in [0.4, 0.5) is 0 Å². The molecule has 1 aromatic carbocycles. The molecule has 3 aromatic rings. The maximum absolute atomic E-state index is 12.8. The van der Waals surface area contributed by atoms with Gasteiger partial charge < -0.3 is 4.90 Å². The molecule has 0 fully saturated rings. The van der Waals surface area contributed by atoms with Crippen molar-refractivity contribution in [1.82, 2.24) is 24.5 Å². The molecule has 0 aliphatic rings. The van der Waals surface area contributed by atoms with E-state index in [9.17, 15) is 4.79 Å². The van der Waals surface area contributed by atoms with Crippen LogP contribution in [0.15, 0.2) is 30.6 Å². The molecule has 0 spiro atoms. The Morgan fingerprint density at radius 1 is 1.22 bits per heavy atom. The van der Waals surface area contributed by atoms with E-state index in [-0.39, 0.29) is 5.91 Å². The van der Waals surface area contributed by atoms with E-state index in [2.05, 4.69) is 21.0 Å². The van der Waals surface area contributed by atoms with Gasteiger partial charge in [0.1, 0.15) is 6.33 Å². The molecule has 0 N–H and O–H groups in total. The summed E-state index contributed by atoms with van der Waals surface area (Å²) in [6.07, 6.45) is 7.93. The first-order valence-electron chi connectivity index (χ1n) is 8.92. The van der Waals surface area contributed by atoms with Crippen molar-refractivity contribution >= 4 is 11.7 Å². The zero-order valence-corrected chi connectivity index (χ0v) is 15.9. The summed E-state index contributed by atoms with van der Waals surface area (Å²) >= 11 is 0. The zero-order chi connectivity index (χ0) is 19.4. The lowest BCUT2D eigenvalue weighted by molar-refractivity contribution is -0.131. The van der Waals surface area contributed by atoms with Gasteiger partial charge in [-0.2, -0.15) is 10.1 Å². The molecular weight excluding hydrogens is 338 g/mol. The summed E-state index contributed by atoms with van der Waals surface area (Å²) in [4.78, 5) is 23.1. The average molecular weight is 361 g/mol. The molecule has 3 rings (SSSR count). The molecule has 1 amide bonds. The van der Waals surface area contributed by atoms with Crippen molar-refractivity contribution in [3.05, 3.63) is 58.7 Å². The third-order valence-corrected chi connectivity index (χ3v) is 4.71. The summed E-state index contributed by atoms with van der Waals surface area (Å²) in [5.41, 5.74) is 5.13. The molecule has 6 heteroatoms. The molecule has 0 aliphatic heterocycles. The fraction of sp³-hybridized carbons (Fsp3) is 0.333. The van der Waals surface area contributed by atoms with E-state index >= 15 is 0 Å². The summed E-state index contributed by atoms with van der Waals surface area (Å²) in [5.74, 6) is 3.20. The number of fused-ring (bicyclic) bond motifs is 1. The van der Waals surface area contributed by atoms with Crippen molar-refractivity contribution in [3.8, 4) is 12.3 Å². The maximum atomic E-state index is 12.8. The van der Waals surface area contributed by atoms with Crippen LogP contribution >= 0.6 is 0 Å². The minimum atomic E-state index is 0.0333. The van der Waals surface area contributed by atoms with Crippen LogP contribution in [-0.4, -0.2) is 36.9 Å². The van der Waals surface area contributed by atoms with Crippen LogP contribution in [0.2, 0.25) is 0 Å². The lowest BCUT2D eigenvalue weighted by atomic mass is 10.1. The number of carbonyl (C=O) groups is 1. The predicted octanol–water partition coefficient (Wildman–Crippen LogP) is 2.64. The normalized spacial score (nSPS) is 10.7. The zero-order valence-electron chi connectivity index (χ0n) is 15.9. The predicted molar refractivity (Wildman–Crippen MR) is 104 cm³/mol. The second-order valence-electron chi connectivity index (χ2n) is 6.67. The first-order valence-corrected chi connectivity index (χ1v) is 8.92. The SMILES string of the molecule is C#CCN(Cc1ccc(C)cc1)C(=O)CCc1c(C)nc2ncnn2c1C. The van der Waals surface area contributed by atoms with Crippen LogP contribution < -0.4 is 0 Å². The van der Waals surface area contributed by atoms with Crippen LogP contribution in [0.5, 0.6) is 0 Å². The van der Waals surface area contributed by atoms with Gasteiger partial charge in [-0.25, -0.2) is 9.50 Å². The standard InChI is InChI=1S/C21H23N5O/c1-5-12-25(13-18-8-6-15(2)7-9-18)20(27)11-10-19-16(3)24-21-22-14-23-26(21)17(19)4/h1,6-9,14H,10-13H2,2-4H3. The summed E-state index contributed by atoms with van der Waals surface area (Å²) in [6.45, 7) is 6.76. The van der Waals surface area contributed by atoms with E-state index in [0.717, 1.165) is 22.5 Å². The lowest BCUT2D eigenvalue weighted by Crippen LogP contribution is -2.31. The van der Waals surface area contributed by atoms with E-state index in [1.165, 1.54) is 11.9 Å². The number of nitrogens with zero attached hydrogens (tertiary/aromatic N) is 5. The second-order valence-corrected chi connectivity index (χ2v) is 6.67. The average Bonchev–Trinajstić information content (AvgIpc) is 3.11. The first kappa shape index (κ1) is 18.6. The van der Waals surface area contributed by atoms with Crippen LogP contribution in [0.3, 0.4) is 0 Å². The number of aryl methyl sites for hydroxylation is 3. The van der Waals surface area contributed by atoms with Crippen LogP contribution in [0.25, 0.3) is 5.78 Å². The molecule has 0 radical (unpaired) electrons. The molecule has 0 unspecified atom stereocenters. The van der Waals surface area contributed by atoms with E-state index in [1.807, 2.05) is 45.0 Å². The highest BCUT2D eigenvalue weighted by molar-refractivity contribution is 5.76. The highest BCUT2D eigenvalue weighted by atomic mass is 16.2. The van der Waals surface area contributed by atoms with Gasteiger partial charge >= 0.3 is 0 Å². The van der Waals surface area contributed by atoms with Gasteiger partial charge in [-0.05, 0) is 38.3 Å². The quantitative estimate of drug-likeness (QED) is 0.633. The fourth-order valence-corrected chi connectivity index (χ4v) is 3.16. The fourth-order valence-electron chi connectivity index (χ4n) is 3.16. The maximum Gasteiger partial charge on any atom is 0.252 e. The molecule has 2 heterocycles. The van der Waals surface area contributed by atoms with E-state index in [1.54, 1.807) is 9.42 Å². The Hall–Kier alpha value is -3.20. The van der Waals surface area contributed by atoms with Crippen molar-refractivity contribution < 1.29 is 4.79 Å². The molecule has 0 atom stereocenters. The van der Waals surface area contributed by atoms with E-state index in [0.29, 0.717) is 31.7 Å². The van der Waals surface area contributed by atoms with Gasteiger partial charge in [0.05, 0.1) is 6.54 Å². The third kappa shape index (κ3) is 4.14. The number of hydrogen-bond donors (Lipinski definition) is 0. The van der Waals surface area contributed by atoms with Gasteiger partial charge in [0, 0.05) is 24.4 Å². The Bertz CT molecular complexity index is 998. The Morgan fingerprint density at radius 3 is 2.67 bits per heavy atom. The number of aromatic nitrogens is 4. The minimum Gasteiger partial charge on any atom is -0.327 e. The van der Waals surface area contributed by atoms with Crippen molar-refractivity contribution in [2.45, 2.75) is 40.2 Å². The molecule has 0 bridgehead atoms. The van der Waals surface area contributed by atoms with Crippen molar-refractivity contribution in [2.75, 3.05) is 6.54 Å². The molecule has 138 valence electrons.